The monoisotopic (exact) mass is 382 g/mol. The van der Waals surface area contributed by atoms with Crippen LogP contribution >= 0.6 is 0 Å². The van der Waals surface area contributed by atoms with Crippen molar-refractivity contribution >= 4 is 11.6 Å². The van der Waals surface area contributed by atoms with Crippen molar-refractivity contribution in [2.24, 2.45) is 0 Å². The molecular formula is C23H30N2O3. The standard InChI is InChI=1S/C23H30N2O3/c1-4-6-7-10-15-28-20-14-13-17(16-21(20)27-3)22-24-19-12-9-8-11-18(19)23(26)25(22)5-2/h8-9,11-14,16,22,24H,4-7,10,15H2,1-3H3. The summed E-state index contributed by atoms with van der Waals surface area (Å²) in [6.45, 7) is 5.49. The quantitative estimate of drug-likeness (QED) is 0.603. The van der Waals surface area contributed by atoms with Gasteiger partial charge in [-0.2, -0.15) is 0 Å². The molecule has 0 saturated carbocycles. The van der Waals surface area contributed by atoms with Crippen molar-refractivity contribution in [2.45, 2.75) is 45.7 Å². The van der Waals surface area contributed by atoms with E-state index in [1.807, 2.05) is 54.3 Å². The number of carbonyl (C=O) groups is 1. The second kappa shape index (κ2) is 9.49. The number of hydrogen-bond donors (Lipinski definition) is 1. The minimum Gasteiger partial charge on any atom is -0.493 e. The topological polar surface area (TPSA) is 50.8 Å². The summed E-state index contributed by atoms with van der Waals surface area (Å²) in [5.41, 5.74) is 2.54. The highest BCUT2D eigenvalue weighted by atomic mass is 16.5. The predicted molar refractivity (Wildman–Crippen MR) is 112 cm³/mol. The molecule has 0 fully saturated rings. The van der Waals surface area contributed by atoms with E-state index in [1.54, 1.807) is 7.11 Å². The van der Waals surface area contributed by atoms with Crippen molar-refractivity contribution < 1.29 is 14.3 Å². The molecule has 0 aromatic heterocycles. The summed E-state index contributed by atoms with van der Waals surface area (Å²) in [5.74, 6) is 1.47. The Hall–Kier alpha value is -2.69. The van der Waals surface area contributed by atoms with Gasteiger partial charge in [0.1, 0.15) is 6.17 Å². The lowest BCUT2D eigenvalue weighted by molar-refractivity contribution is 0.0694. The molecule has 1 atom stereocenters. The highest BCUT2D eigenvalue weighted by molar-refractivity contribution is 6.01. The van der Waals surface area contributed by atoms with Gasteiger partial charge < -0.3 is 19.7 Å². The molecule has 0 aliphatic carbocycles. The van der Waals surface area contributed by atoms with E-state index in [9.17, 15) is 4.79 Å². The normalized spacial score (nSPS) is 15.8. The Morgan fingerprint density at radius 3 is 2.61 bits per heavy atom. The Morgan fingerprint density at radius 1 is 1.04 bits per heavy atom. The van der Waals surface area contributed by atoms with Crippen LogP contribution in [0.2, 0.25) is 0 Å². The van der Waals surface area contributed by atoms with Crippen molar-refractivity contribution in [3.8, 4) is 11.5 Å². The van der Waals surface area contributed by atoms with E-state index in [-0.39, 0.29) is 12.1 Å². The fourth-order valence-electron chi connectivity index (χ4n) is 3.57. The number of benzene rings is 2. The summed E-state index contributed by atoms with van der Waals surface area (Å²) in [7, 11) is 1.65. The number of amides is 1. The molecule has 1 aliphatic rings. The zero-order valence-electron chi connectivity index (χ0n) is 17.0. The van der Waals surface area contributed by atoms with Gasteiger partial charge in [-0.1, -0.05) is 44.4 Å². The number of nitrogens with zero attached hydrogens (tertiary/aromatic N) is 1. The average Bonchev–Trinajstić information content (AvgIpc) is 2.73. The highest BCUT2D eigenvalue weighted by Crippen LogP contribution is 2.36. The van der Waals surface area contributed by atoms with Crippen LogP contribution in [-0.2, 0) is 0 Å². The lowest BCUT2D eigenvalue weighted by Gasteiger charge is -2.37. The molecule has 3 rings (SSSR count). The fraction of sp³-hybridized carbons (Fsp3) is 0.435. The van der Waals surface area contributed by atoms with Crippen LogP contribution in [0.5, 0.6) is 11.5 Å². The van der Waals surface area contributed by atoms with Crippen LogP contribution in [0.4, 0.5) is 5.69 Å². The third kappa shape index (κ3) is 4.24. The number of rotatable bonds is 9. The molecular weight excluding hydrogens is 352 g/mol. The predicted octanol–water partition coefficient (Wildman–Crippen LogP) is 5.24. The lowest BCUT2D eigenvalue weighted by atomic mass is 10.0. The third-order valence-electron chi connectivity index (χ3n) is 5.12. The Bertz CT molecular complexity index is 806. The SMILES string of the molecule is CCCCCCOc1ccc(C2Nc3ccccc3C(=O)N2CC)cc1OC. The van der Waals surface area contributed by atoms with E-state index in [0.717, 1.165) is 23.4 Å². The van der Waals surface area contributed by atoms with Crippen LogP contribution in [0.1, 0.15) is 61.6 Å². The molecule has 1 amide bonds. The molecule has 1 N–H and O–H groups in total. The van der Waals surface area contributed by atoms with Crippen molar-refractivity contribution in [2.75, 3.05) is 25.6 Å². The molecule has 2 aromatic rings. The van der Waals surface area contributed by atoms with Crippen LogP contribution in [-0.4, -0.2) is 31.1 Å². The molecule has 1 heterocycles. The van der Waals surface area contributed by atoms with Gasteiger partial charge in [0.2, 0.25) is 0 Å². The summed E-state index contributed by atoms with van der Waals surface area (Å²) in [6.07, 6.45) is 4.42. The second-order valence-electron chi connectivity index (χ2n) is 7.00. The summed E-state index contributed by atoms with van der Waals surface area (Å²) in [4.78, 5) is 14.7. The van der Waals surface area contributed by atoms with Gasteiger partial charge in [-0.3, -0.25) is 4.79 Å². The van der Waals surface area contributed by atoms with Gasteiger partial charge >= 0.3 is 0 Å². The maximum atomic E-state index is 12.9. The van der Waals surface area contributed by atoms with E-state index in [2.05, 4.69) is 12.2 Å². The number of fused-ring (bicyclic) bond motifs is 1. The number of carbonyl (C=O) groups excluding carboxylic acids is 1. The largest absolute Gasteiger partial charge is 0.493 e. The van der Waals surface area contributed by atoms with Crippen LogP contribution in [0.15, 0.2) is 42.5 Å². The number of hydrogen-bond acceptors (Lipinski definition) is 4. The number of para-hydroxylation sites is 1. The molecule has 0 bridgehead atoms. The van der Waals surface area contributed by atoms with E-state index in [1.165, 1.54) is 19.3 Å². The zero-order chi connectivity index (χ0) is 19.9. The van der Waals surface area contributed by atoms with Crippen LogP contribution < -0.4 is 14.8 Å². The van der Waals surface area contributed by atoms with Gasteiger partial charge in [0.25, 0.3) is 5.91 Å². The molecule has 0 radical (unpaired) electrons. The van der Waals surface area contributed by atoms with Crippen LogP contribution in [0, 0.1) is 0 Å². The van der Waals surface area contributed by atoms with Crippen LogP contribution in [0.25, 0.3) is 0 Å². The molecule has 28 heavy (non-hydrogen) atoms. The van der Waals surface area contributed by atoms with Gasteiger partial charge in [0.15, 0.2) is 11.5 Å². The van der Waals surface area contributed by atoms with E-state index >= 15 is 0 Å². The minimum atomic E-state index is -0.236. The number of methoxy groups -OCH3 is 1. The van der Waals surface area contributed by atoms with E-state index in [0.29, 0.717) is 24.5 Å². The summed E-state index contributed by atoms with van der Waals surface area (Å²) in [5, 5.41) is 3.49. The number of ether oxygens (including phenoxy) is 2. The molecule has 0 saturated heterocycles. The smallest absolute Gasteiger partial charge is 0.257 e. The molecule has 5 heteroatoms. The molecule has 5 nitrogen and oxygen atoms in total. The lowest BCUT2D eigenvalue weighted by Crippen LogP contribution is -2.42. The Kier molecular flexibility index (Phi) is 6.80. The zero-order valence-corrected chi connectivity index (χ0v) is 17.0. The Labute approximate surface area is 167 Å². The van der Waals surface area contributed by atoms with Gasteiger partial charge in [-0.15, -0.1) is 0 Å². The molecule has 2 aromatic carbocycles. The maximum Gasteiger partial charge on any atom is 0.257 e. The minimum absolute atomic E-state index is 0.0390. The fourth-order valence-corrected chi connectivity index (χ4v) is 3.57. The Morgan fingerprint density at radius 2 is 1.86 bits per heavy atom. The summed E-state index contributed by atoms with van der Waals surface area (Å²) in [6, 6.07) is 13.5. The second-order valence-corrected chi connectivity index (χ2v) is 7.00. The van der Waals surface area contributed by atoms with Gasteiger partial charge in [-0.25, -0.2) is 0 Å². The first-order chi connectivity index (χ1) is 13.7. The first kappa shape index (κ1) is 20.1. The van der Waals surface area contributed by atoms with Crippen LogP contribution in [0.3, 0.4) is 0 Å². The summed E-state index contributed by atoms with van der Waals surface area (Å²) >= 11 is 0. The van der Waals surface area contributed by atoms with Gasteiger partial charge in [0.05, 0.1) is 19.3 Å². The van der Waals surface area contributed by atoms with Gasteiger partial charge in [0, 0.05) is 12.2 Å². The molecule has 150 valence electrons. The summed E-state index contributed by atoms with van der Waals surface area (Å²) < 4.78 is 11.5. The maximum absolute atomic E-state index is 12.9. The number of anilines is 1. The van der Waals surface area contributed by atoms with Crippen molar-refractivity contribution in [3.05, 3.63) is 53.6 Å². The molecule has 1 unspecified atom stereocenters. The highest BCUT2D eigenvalue weighted by Gasteiger charge is 2.32. The first-order valence-electron chi connectivity index (χ1n) is 10.2. The molecule has 1 aliphatic heterocycles. The van der Waals surface area contributed by atoms with E-state index in [4.69, 9.17) is 9.47 Å². The molecule has 0 spiro atoms. The van der Waals surface area contributed by atoms with Crippen molar-refractivity contribution in [1.29, 1.82) is 0 Å². The van der Waals surface area contributed by atoms with Crippen molar-refractivity contribution in [3.63, 3.8) is 0 Å². The van der Waals surface area contributed by atoms with Gasteiger partial charge in [-0.05, 0) is 43.2 Å². The van der Waals surface area contributed by atoms with Crippen molar-refractivity contribution in [1.82, 2.24) is 4.90 Å². The van der Waals surface area contributed by atoms with E-state index < -0.39 is 0 Å². The third-order valence-corrected chi connectivity index (χ3v) is 5.12. The Balaban J connectivity index is 1.80. The number of unbranched alkanes of at least 4 members (excludes halogenated alkanes) is 3. The first-order valence-corrected chi connectivity index (χ1v) is 10.2. The average molecular weight is 383 g/mol. The number of nitrogens with one attached hydrogen (secondary N) is 1.